The number of carbonyl (C=O) groups is 1. The Balaban J connectivity index is 1.69. The van der Waals surface area contributed by atoms with Crippen molar-refractivity contribution in [1.82, 2.24) is 5.32 Å². The monoisotopic (exact) mass is 301 g/mol. The van der Waals surface area contributed by atoms with Crippen LogP contribution in [-0.4, -0.2) is 19.6 Å². The van der Waals surface area contributed by atoms with Gasteiger partial charge in [0.1, 0.15) is 0 Å². The third kappa shape index (κ3) is 2.92. The topological polar surface area (TPSA) is 51.5 Å². The molecule has 1 amide bonds. The minimum atomic E-state index is -0.204. The Morgan fingerprint density at radius 3 is 3.00 bits per heavy atom. The summed E-state index contributed by atoms with van der Waals surface area (Å²) in [7, 11) is 1.58. The number of benzene rings is 1. The van der Waals surface area contributed by atoms with Crippen molar-refractivity contribution in [2.75, 3.05) is 13.7 Å². The first-order valence-electron chi connectivity index (χ1n) is 6.65. The van der Waals surface area contributed by atoms with E-state index in [0.29, 0.717) is 23.6 Å². The van der Waals surface area contributed by atoms with Gasteiger partial charge < -0.3 is 14.5 Å². The van der Waals surface area contributed by atoms with Crippen molar-refractivity contribution in [3.8, 4) is 5.75 Å². The number of ether oxygens (including phenoxy) is 1. The summed E-state index contributed by atoms with van der Waals surface area (Å²) in [6.07, 6.45) is 0.826. The van der Waals surface area contributed by atoms with Gasteiger partial charge in [-0.1, -0.05) is 18.2 Å². The summed E-state index contributed by atoms with van der Waals surface area (Å²) in [6, 6.07) is 11.4. The molecule has 0 saturated heterocycles. The Labute approximate surface area is 126 Å². The molecule has 0 aliphatic carbocycles. The highest BCUT2D eigenvalue weighted by Gasteiger charge is 2.14. The van der Waals surface area contributed by atoms with E-state index in [1.54, 1.807) is 24.5 Å². The molecule has 0 aliphatic heterocycles. The molecule has 2 aromatic heterocycles. The van der Waals surface area contributed by atoms with Crippen LogP contribution in [0, 0.1) is 0 Å². The fourth-order valence-electron chi connectivity index (χ4n) is 2.15. The molecule has 3 rings (SSSR count). The van der Waals surface area contributed by atoms with Crippen LogP contribution in [0.3, 0.4) is 0 Å². The fourth-order valence-corrected chi connectivity index (χ4v) is 2.86. The van der Waals surface area contributed by atoms with E-state index in [-0.39, 0.29) is 5.91 Å². The number of para-hydroxylation sites is 1. The van der Waals surface area contributed by atoms with Crippen LogP contribution in [0.5, 0.6) is 5.75 Å². The maximum absolute atomic E-state index is 12.1. The molecule has 0 bridgehead atoms. The Morgan fingerprint density at radius 2 is 2.24 bits per heavy atom. The van der Waals surface area contributed by atoms with Crippen LogP contribution in [0.1, 0.15) is 15.4 Å². The molecular weight excluding hydrogens is 286 g/mol. The molecule has 21 heavy (non-hydrogen) atoms. The highest BCUT2D eigenvalue weighted by molar-refractivity contribution is 7.09. The number of nitrogens with one attached hydrogen (secondary N) is 1. The van der Waals surface area contributed by atoms with E-state index in [1.807, 2.05) is 29.6 Å². The number of hydrogen-bond acceptors (Lipinski definition) is 4. The van der Waals surface area contributed by atoms with E-state index < -0.39 is 0 Å². The summed E-state index contributed by atoms with van der Waals surface area (Å²) < 4.78 is 10.8. The summed E-state index contributed by atoms with van der Waals surface area (Å²) in [5, 5.41) is 5.76. The van der Waals surface area contributed by atoms with Gasteiger partial charge in [0.05, 0.1) is 7.11 Å². The number of amides is 1. The molecule has 0 fully saturated rings. The van der Waals surface area contributed by atoms with Gasteiger partial charge in [-0.05, 0) is 30.0 Å². The van der Waals surface area contributed by atoms with Crippen LogP contribution >= 0.6 is 11.3 Å². The van der Waals surface area contributed by atoms with Gasteiger partial charge in [0.15, 0.2) is 17.1 Å². The number of fused-ring (bicyclic) bond motifs is 1. The molecular formula is C16H15NO3S. The lowest BCUT2D eigenvalue weighted by atomic mass is 10.2. The third-order valence-corrected chi connectivity index (χ3v) is 4.12. The SMILES string of the molecule is COc1cccc2cc(C(=O)NCCc3cccs3)oc12. The Kier molecular flexibility index (Phi) is 3.92. The van der Waals surface area contributed by atoms with Gasteiger partial charge in [-0.25, -0.2) is 0 Å². The first-order valence-corrected chi connectivity index (χ1v) is 7.53. The number of methoxy groups -OCH3 is 1. The normalized spacial score (nSPS) is 10.7. The largest absolute Gasteiger partial charge is 0.493 e. The van der Waals surface area contributed by atoms with Crippen LogP contribution < -0.4 is 10.1 Å². The maximum atomic E-state index is 12.1. The van der Waals surface area contributed by atoms with Crippen LogP contribution in [0.4, 0.5) is 0 Å². The first kappa shape index (κ1) is 13.7. The van der Waals surface area contributed by atoms with Gasteiger partial charge in [0, 0.05) is 16.8 Å². The van der Waals surface area contributed by atoms with E-state index >= 15 is 0 Å². The second kappa shape index (κ2) is 6.01. The highest BCUT2D eigenvalue weighted by atomic mass is 32.1. The van der Waals surface area contributed by atoms with Gasteiger partial charge in [0.25, 0.3) is 5.91 Å². The van der Waals surface area contributed by atoms with Gasteiger partial charge in [-0.3, -0.25) is 4.79 Å². The molecule has 4 nitrogen and oxygen atoms in total. The average Bonchev–Trinajstić information content (AvgIpc) is 3.15. The van der Waals surface area contributed by atoms with Crippen molar-refractivity contribution < 1.29 is 13.9 Å². The number of carbonyl (C=O) groups excluding carboxylic acids is 1. The number of furan rings is 1. The van der Waals surface area contributed by atoms with Crippen molar-refractivity contribution in [3.05, 3.63) is 52.4 Å². The van der Waals surface area contributed by atoms with Crippen LogP contribution in [-0.2, 0) is 6.42 Å². The summed E-state index contributed by atoms with van der Waals surface area (Å²) in [6.45, 7) is 0.591. The Hall–Kier alpha value is -2.27. The van der Waals surface area contributed by atoms with Gasteiger partial charge in [0.2, 0.25) is 0 Å². The van der Waals surface area contributed by atoms with Crippen LogP contribution in [0.2, 0.25) is 0 Å². The van der Waals surface area contributed by atoms with E-state index in [0.717, 1.165) is 11.8 Å². The number of thiophene rings is 1. The van der Waals surface area contributed by atoms with Gasteiger partial charge >= 0.3 is 0 Å². The molecule has 0 unspecified atom stereocenters. The predicted molar refractivity (Wildman–Crippen MR) is 83.1 cm³/mol. The third-order valence-electron chi connectivity index (χ3n) is 3.19. The van der Waals surface area contributed by atoms with Gasteiger partial charge in [-0.2, -0.15) is 0 Å². The lowest BCUT2D eigenvalue weighted by Gasteiger charge is -2.01. The number of hydrogen-bond donors (Lipinski definition) is 1. The molecule has 0 saturated carbocycles. The summed E-state index contributed by atoms with van der Waals surface area (Å²) in [5.74, 6) is 0.732. The zero-order valence-electron chi connectivity index (χ0n) is 11.6. The first-order chi connectivity index (χ1) is 10.3. The second-order valence-corrected chi connectivity index (χ2v) is 5.61. The van der Waals surface area contributed by atoms with Crippen molar-refractivity contribution in [2.24, 2.45) is 0 Å². The fraction of sp³-hybridized carbons (Fsp3) is 0.188. The van der Waals surface area contributed by atoms with E-state index in [4.69, 9.17) is 9.15 Å². The van der Waals surface area contributed by atoms with Crippen LogP contribution in [0.25, 0.3) is 11.0 Å². The molecule has 1 N–H and O–H groups in total. The van der Waals surface area contributed by atoms with Crippen LogP contribution in [0.15, 0.2) is 46.2 Å². The smallest absolute Gasteiger partial charge is 0.287 e. The molecule has 5 heteroatoms. The van der Waals surface area contributed by atoms with Crippen molar-refractivity contribution in [2.45, 2.75) is 6.42 Å². The van der Waals surface area contributed by atoms with Gasteiger partial charge in [-0.15, -0.1) is 11.3 Å². The van der Waals surface area contributed by atoms with E-state index in [9.17, 15) is 4.79 Å². The molecule has 108 valence electrons. The standard InChI is InChI=1S/C16H15NO3S/c1-19-13-6-2-4-11-10-14(20-15(11)13)16(18)17-8-7-12-5-3-9-21-12/h2-6,9-10H,7-8H2,1H3,(H,17,18). The molecule has 0 aliphatic rings. The Bertz CT molecular complexity index is 746. The minimum Gasteiger partial charge on any atom is -0.493 e. The van der Waals surface area contributed by atoms with Crippen molar-refractivity contribution >= 4 is 28.2 Å². The van der Waals surface area contributed by atoms with E-state index in [2.05, 4.69) is 11.4 Å². The molecule has 0 spiro atoms. The second-order valence-electron chi connectivity index (χ2n) is 4.57. The maximum Gasteiger partial charge on any atom is 0.287 e. The lowest BCUT2D eigenvalue weighted by Crippen LogP contribution is -2.24. The molecule has 0 radical (unpaired) electrons. The lowest BCUT2D eigenvalue weighted by molar-refractivity contribution is 0.0928. The van der Waals surface area contributed by atoms with Crippen molar-refractivity contribution in [3.63, 3.8) is 0 Å². The minimum absolute atomic E-state index is 0.204. The zero-order chi connectivity index (χ0) is 14.7. The summed E-state index contributed by atoms with van der Waals surface area (Å²) in [5.41, 5.74) is 0.600. The zero-order valence-corrected chi connectivity index (χ0v) is 12.4. The molecule has 1 aromatic carbocycles. The molecule has 2 heterocycles. The van der Waals surface area contributed by atoms with Crippen molar-refractivity contribution in [1.29, 1.82) is 0 Å². The quantitative estimate of drug-likeness (QED) is 0.785. The average molecular weight is 301 g/mol. The number of rotatable bonds is 5. The molecule has 0 atom stereocenters. The summed E-state index contributed by atoms with van der Waals surface area (Å²) >= 11 is 1.69. The Morgan fingerprint density at radius 1 is 1.33 bits per heavy atom. The summed E-state index contributed by atoms with van der Waals surface area (Å²) in [4.78, 5) is 13.4. The predicted octanol–water partition coefficient (Wildman–Crippen LogP) is 3.48. The highest BCUT2D eigenvalue weighted by Crippen LogP contribution is 2.28. The molecule has 3 aromatic rings. The van der Waals surface area contributed by atoms with E-state index in [1.165, 1.54) is 4.88 Å².